The van der Waals surface area contributed by atoms with Gasteiger partial charge in [0.15, 0.2) is 0 Å². The molecule has 2 fully saturated rings. The third-order valence-corrected chi connectivity index (χ3v) is 7.87. The van der Waals surface area contributed by atoms with Gasteiger partial charge in [-0.1, -0.05) is 54.1 Å². The van der Waals surface area contributed by atoms with Crippen LogP contribution in [0.1, 0.15) is 24.0 Å². The number of halogens is 1. The van der Waals surface area contributed by atoms with E-state index in [0.29, 0.717) is 13.1 Å². The van der Waals surface area contributed by atoms with Crippen LogP contribution in [-0.4, -0.2) is 43.8 Å². The fourth-order valence-corrected chi connectivity index (χ4v) is 6.11. The van der Waals surface area contributed by atoms with Gasteiger partial charge >= 0.3 is 0 Å². The van der Waals surface area contributed by atoms with E-state index in [9.17, 15) is 8.42 Å². The molecule has 0 aliphatic carbocycles. The molecule has 2 aromatic carbocycles. The van der Waals surface area contributed by atoms with E-state index in [1.165, 1.54) is 5.56 Å². The Balaban J connectivity index is 1.38. The zero-order valence-corrected chi connectivity index (χ0v) is 16.9. The summed E-state index contributed by atoms with van der Waals surface area (Å²) in [6.07, 6.45) is 2.02. The van der Waals surface area contributed by atoms with Crippen LogP contribution < -0.4 is 0 Å². The lowest BCUT2D eigenvalue weighted by molar-refractivity contribution is 0.260. The highest BCUT2D eigenvalue weighted by atomic mass is 35.5. The predicted molar refractivity (Wildman–Crippen MR) is 109 cm³/mol. The first kappa shape index (κ1) is 18.9. The largest absolute Gasteiger partial charge is 0.298 e. The van der Waals surface area contributed by atoms with Crippen LogP contribution in [0.4, 0.5) is 0 Å². The van der Waals surface area contributed by atoms with E-state index in [2.05, 4.69) is 17.0 Å². The second-order valence-corrected chi connectivity index (χ2v) is 10.3. The van der Waals surface area contributed by atoms with Gasteiger partial charge in [0.1, 0.15) is 0 Å². The van der Waals surface area contributed by atoms with E-state index in [1.54, 1.807) is 4.31 Å². The zero-order chi connectivity index (χ0) is 18.9. The fourth-order valence-electron chi connectivity index (χ4n) is 4.35. The van der Waals surface area contributed by atoms with Crippen molar-refractivity contribution in [2.75, 3.05) is 26.2 Å². The van der Waals surface area contributed by atoms with Crippen molar-refractivity contribution >= 4 is 21.6 Å². The van der Waals surface area contributed by atoms with Crippen LogP contribution in [0.3, 0.4) is 0 Å². The molecule has 2 saturated heterocycles. The van der Waals surface area contributed by atoms with Crippen LogP contribution in [-0.2, 0) is 22.3 Å². The summed E-state index contributed by atoms with van der Waals surface area (Å²) in [6.45, 7) is 4.18. The second-order valence-electron chi connectivity index (χ2n) is 7.91. The molecule has 1 spiro atoms. The van der Waals surface area contributed by atoms with Crippen molar-refractivity contribution in [3.8, 4) is 0 Å². The Labute approximate surface area is 166 Å². The molecule has 0 N–H and O–H groups in total. The molecule has 0 saturated carbocycles. The molecule has 2 aliphatic rings. The molecule has 2 aliphatic heterocycles. The number of sulfonamides is 1. The summed E-state index contributed by atoms with van der Waals surface area (Å²) in [4.78, 5) is 2.44. The van der Waals surface area contributed by atoms with Gasteiger partial charge < -0.3 is 0 Å². The normalized spacial score (nSPS) is 24.0. The third kappa shape index (κ3) is 4.37. The van der Waals surface area contributed by atoms with E-state index in [4.69, 9.17) is 11.6 Å². The highest BCUT2D eigenvalue weighted by Crippen LogP contribution is 2.41. The van der Waals surface area contributed by atoms with Crippen molar-refractivity contribution < 1.29 is 8.42 Å². The van der Waals surface area contributed by atoms with E-state index < -0.39 is 10.0 Å². The van der Waals surface area contributed by atoms with E-state index in [1.807, 2.05) is 42.5 Å². The molecular weight excluding hydrogens is 380 g/mol. The zero-order valence-electron chi connectivity index (χ0n) is 15.4. The molecule has 6 heteroatoms. The van der Waals surface area contributed by atoms with Crippen LogP contribution >= 0.6 is 11.6 Å². The molecular formula is C21H25ClN2O2S. The highest BCUT2D eigenvalue weighted by molar-refractivity contribution is 7.88. The lowest BCUT2D eigenvalue weighted by Gasteiger charge is -2.25. The van der Waals surface area contributed by atoms with E-state index >= 15 is 0 Å². The lowest BCUT2D eigenvalue weighted by Crippen LogP contribution is -2.34. The molecule has 2 heterocycles. The number of hydrogen-bond donors (Lipinski definition) is 0. The molecule has 4 rings (SSSR count). The number of benzene rings is 2. The number of hydrogen-bond acceptors (Lipinski definition) is 3. The summed E-state index contributed by atoms with van der Waals surface area (Å²) in [5.74, 6) is 0.0956. The highest BCUT2D eigenvalue weighted by Gasteiger charge is 2.46. The molecule has 27 heavy (non-hydrogen) atoms. The van der Waals surface area contributed by atoms with Gasteiger partial charge in [0.2, 0.25) is 10.0 Å². The van der Waals surface area contributed by atoms with Crippen molar-refractivity contribution in [1.29, 1.82) is 0 Å². The van der Waals surface area contributed by atoms with Crippen molar-refractivity contribution in [1.82, 2.24) is 9.21 Å². The van der Waals surface area contributed by atoms with Crippen molar-refractivity contribution in [3.05, 3.63) is 70.7 Å². The lowest BCUT2D eigenvalue weighted by atomic mass is 9.86. The average Bonchev–Trinajstić information content (AvgIpc) is 3.25. The number of rotatable bonds is 5. The molecule has 1 unspecified atom stereocenters. The topological polar surface area (TPSA) is 40.6 Å². The van der Waals surface area contributed by atoms with Crippen molar-refractivity contribution in [2.45, 2.75) is 25.1 Å². The van der Waals surface area contributed by atoms with Gasteiger partial charge in [0.05, 0.1) is 5.75 Å². The van der Waals surface area contributed by atoms with Crippen LogP contribution in [0.15, 0.2) is 54.6 Å². The van der Waals surface area contributed by atoms with Crippen LogP contribution in [0.2, 0.25) is 5.02 Å². The van der Waals surface area contributed by atoms with Crippen LogP contribution in [0, 0.1) is 5.41 Å². The quantitative estimate of drug-likeness (QED) is 0.761. The number of likely N-dealkylation sites (tertiary alicyclic amines) is 1. The summed E-state index contributed by atoms with van der Waals surface area (Å²) in [6, 6.07) is 17.4. The Kier molecular flexibility index (Phi) is 5.30. The van der Waals surface area contributed by atoms with Crippen molar-refractivity contribution in [2.24, 2.45) is 5.41 Å². The van der Waals surface area contributed by atoms with Gasteiger partial charge in [0.25, 0.3) is 0 Å². The molecule has 0 aromatic heterocycles. The maximum absolute atomic E-state index is 12.8. The Morgan fingerprint density at radius 2 is 1.59 bits per heavy atom. The molecule has 144 valence electrons. The van der Waals surface area contributed by atoms with Gasteiger partial charge in [-0.2, -0.15) is 0 Å². The molecule has 1 atom stereocenters. The fraction of sp³-hybridized carbons (Fsp3) is 0.429. The first-order valence-electron chi connectivity index (χ1n) is 9.43. The summed E-state index contributed by atoms with van der Waals surface area (Å²) < 4.78 is 27.4. The molecule has 0 amide bonds. The molecule has 0 radical (unpaired) electrons. The smallest absolute Gasteiger partial charge is 0.218 e. The standard InChI is InChI=1S/C21H25ClN2O2S/c22-20-8-6-18(7-9-20)14-23-12-10-21(16-23)11-13-24(17-21)27(25,26)15-19-4-2-1-3-5-19/h1-9H,10-17H2. The maximum Gasteiger partial charge on any atom is 0.218 e. The molecule has 0 bridgehead atoms. The van der Waals surface area contributed by atoms with E-state index in [0.717, 1.165) is 43.1 Å². The Morgan fingerprint density at radius 3 is 2.33 bits per heavy atom. The van der Waals surface area contributed by atoms with Gasteiger partial charge in [-0.3, -0.25) is 4.90 Å². The monoisotopic (exact) mass is 404 g/mol. The SMILES string of the molecule is O=S(=O)(Cc1ccccc1)N1CCC2(CCN(Cc3ccc(Cl)cc3)C2)C1. The third-order valence-electron chi connectivity index (χ3n) is 5.83. The maximum atomic E-state index is 12.8. The van der Waals surface area contributed by atoms with Gasteiger partial charge in [-0.25, -0.2) is 12.7 Å². The predicted octanol–water partition coefficient (Wildman–Crippen LogP) is 3.77. The van der Waals surface area contributed by atoms with Gasteiger partial charge in [-0.15, -0.1) is 0 Å². The Hall–Kier alpha value is -1.40. The van der Waals surface area contributed by atoms with Crippen LogP contribution in [0.25, 0.3) is 0 Å². The molecule has 2 aromatic rings. The number of nitrogens with zero attached hydrogens (tertiary/aromatic N) is 2. The summed E-state index contributed by atoms with van der Waals surface area (Å²) >= 11 is 5.97. The minimum atomic E-state index is -3.26. The Bertz CT molecular complexity index is 886. The summed E-state index contributed by atoms with van der Waals surface area (Å²) in [7, 11) is -3.26. The minimum absolute atomic E-state index is 0.0956. The summed E-state index contributed by atoms with van der Waals surface area (Å²) in [5, 5.41) is 0.756. The minimum Gasteiger partial charge on any atom is -0.298 e. The second kappa shape index (κ2) is 7.55. The average molecular weight is 405 g/mol. The summed E-state index contributed by atoms with van der Waals surface area (Å²) in [5.41, 5.74) is 2.22. The van der Waals surface area contributed by atoms with Gasteiger partial charge in [0, 0.05) is 31.2 Å². The van der Waals surface area contributed by atoms with Crippen molar-refractivity contribution in [3.63, 3.8) is 0 Å². The first-order valence-corrected chi connectivity index (χ1v) is 11.4. The molecule has 4 nitrogen and oxygen atoms in total. The Morgan fingerprint density at radius 1 is 0.889 bits per heavy atom. The first-order chi connectivity index (χ1) is 12.9. The van der Waals surface area contributed by atoms with Gasteiger partial charge in [-0.05, 0) is 48.1 Å². The van der Waals surface area contributed by atoms with Crippen LogP contribution in [0.5, 0.6) is 0 Å². The van der Waals surface area contributed by atoms with E-state index in [-0.39, 0.29) is 11.2 Å².